The quantitative estimate of drug-likeness (QED) is 0.735. The van der Waals surface area contributed by atoms with E-state index in [0.29, 0.717) is 0 Å². The minimum Gasteiger partial charge on any atom is -0.383 e. The molecule has 2 aliphatic heterocycles. The number of nitrogens with zero attached hydrogens (tertiary/aromatic N) is 4. The van der Waals surface area contributed by atoms with Gasteiger partial charge in [-0.2, -0.15) is 0 Å². The van der Waals surface area contributed by atoms with Gasteiger partial charge < -0.3 is 14.6 Å². The molecule has 0 bridgehead atoms. The first kappa shape index (κ1) is 11.7. The van der Waals surface area contributed by atoms with Crippen molar-refractivity contribution in [3.63, 3.8) is 0 Å². The van der Waals surface area contributed by atoms with Crippen LogP contribution < -0.4 is 0 Å². The van der Waals surface area contributed by atoms with Crippen molar-refractivity contribution in [1.29, 1.82) is 0 Å². The molecule has 1 aromatic rings. The van der Waals surface area contributed by atoms with Gasteiger partial charge in [0.1, 0.15) is 6.10 Å². The molecule has 3 rings (SSSR count). The van der Waals surface area contributed by atoms with E-state index in [1.807, 2.05) is 17.8 Å². The van der Waals surface area contributed by atoms with Gasteiger partial charge in [0.05, 0.1) is 18.1 Å². The Morgan fingerprint density at radius 3 is 2.83 bits per heavy atom. The van der Waals surface area contributed by atoms with Crippen molar-refractivity contribution in [3.8, 4) is 0 Å². The van der Waals surface area contributed by atoms with Gasteiger partial charge in [0.15, 0.2) is 0 Å². The highest BCUT2D eigenvalue weighted by atomic mass is 16.3. The number of carbonyl (C=O) groups is 1. The lowest BCUT2D eigenvalue weighted by Gasteiger charge is -2.21. The summed E-state index contributed by atoms with van der Waals surface area (Å²) in [5.74, 6) is -0.0825. The molecular weight excluding hydrogens is 232 g/mol. The average Bonchev–Trinajstić information content (AvgIpc) is 2.98. The van der Waals surface area contributed by atoms with Gasteiger partial charge in [-0.1, -0.05) is 0 Å². The van der Waals surface area contributed by atoms with Crippen LogP contribution in [0.1, 0.15) is 5.69 Å². The highest BCUT2D eigenvalue weighted by molar-refractivity contribution is 5.84. The van der Waals surface area contributed by atoms with E-state index >= 15 is 0 Å². The number of likely N-dealkylation sites (tertiary alicyclic amines) is 2. The molecule has 98 valence electrons. The van der Waals surface area contributed by atoms with Crippen molar-refractivity contribution >= 4 is 5.91 Å². The number of carbonyl (C=O) groups excluding carboxylic acids is 1. The summed E-state index contributed by atoms with van der Waals surface area (Å²) in [7, 11) is 3.76. The Morgan fingerprint density at radius 2 is 2.22 bits per heavy atom. The Balaban J connectivity index is 1.70. The fraction of sp³-hybridized carbons (Fsp3) is 0.667. The molecule has 0 unspecified atom stereocenters. The zero-order valence-corrected chi connectivity index (χ0v) is 10.7. The number of amides is 1. The smallest absolute Gasteiger partial charge is 0.251 e. The zero-order chi connectivity index (χ0) is 12.9. The fourth-order valence-electron chi connectivity index (χ4n) is 3.06. The maximum atomic E-state index is 11.6. The summed E-state index contributed by atoms with van der Waals surface area (Å²) in [5.41, 5.74) is 1.15. The van der Waals surface area contributed by atoms with Gasteiger partial charge >= 0.3 is 0 Å². The number of likely N-dealkylation sites (N-methyl/N-ethyl adjacent to an activating group) is 1. The number of imidazole rings is 1. The van der Waals surface area contributed by atoms with Crippen LogP contribution in [0.25, 0.3) is 0 Å². The molecule has 1 aromatic heterocycles. The number of rotatable bonds is 2. The molecule has 1 amide bonds. The van der Waals surface area contributed by atoms with Crippen molar-refractivity contribution in [3.05, 3.63) is 18.2 Å². The van der Waals surface area contributed by atoms with Crippen LogP contribution in [0.15, 0.2) is 12.5 Å². The Hall–Kier alpha value is -1.40. The first-order valence-corrected chi connectivity index (χ1v) is 6.20. The second kappa shape index (κ2) is 4.07. The van der Waals surface area contributed by atoms with Gasteiger partial charge in [-0.05, 0) is 0 Å². The molecule has 0 aliphatic carbocycles. The predicted molar refractivity (Wildman–Crippen MR) is 64.5 cm³/mol. The molecule has 18 heavy (non-hydrogen) atoms. The van der Waals surface area contributed by atoms with Crippen molar-refractivity contribution in [2.75, 3.05) is 20.1 Å². The number of fused-ring (bicyclic) bond motifs is 1. The highest BCUT2D eigenvalue weighted by Crippen LogP contribution is 2.32. The molecular formula is C12H18N4O2. The second-order valence-corrected chi connectivity index (χ2v) is 5.32. The summed E-state index contributed by atoms with van der Waals surface area (Å²) < 4.78 is 2.00. The molecule has 0 spiro atoms. The van der Waals surface area contributed by atoms with Crippen LogP contribution in [0.4, 0.5) is 0 Å². The van der Waals surface area contributed by atoms with E-state index in [0.717, 1.165) is 25.3 Å². The van der Waals surface area contributed by atoms with Crippen LogP contribution in [-0.4, -0.2) is 62.6 Å². The minimum absolute atomic E-state index is 0.0516. The summed E-state index contributed by atoms with van der Waals surface area (Å²) >= 11 is 0. The maximum Gasteiger partial charge on any atom is 0.251 e. The average molecular weight is 250 g/mol. The van der Waals surface area contributed by atoms with Gasteiger partial charge in [-0.3, -0.25) is 9.69 Å². The summed E-state index contributed by atoms with van der Waals surface area (Å²) in [4.78, 5) is 19.7. The molecule has 2 saturated heterocycles. The Kier molecular flexibility index (Phi) is 2.64. The third kappa shape index (κ3) is 1.64. The van der Waals surface area contributed by atoms with Gasteiger partial charge in [0, 0.05) is 45.8 Å². The zero-order valence-electron chi connectivity index (χ0n) is 10.7. The monoisotopic (exact) mass is 250 g/mol. The fourth-order valence-corrected chi connectivity index (χ4v) is 3.06. The number of aryl methyl sites for hydroxylation is 1. The maximum absolute atomic E-state index is 11.6. The van der Waals surface area contributed by atoms with E-state index in [2.05, 4.69) is 9.88 Å². The third-order valence-electron chi connectivity index (χ3n) is 4.21. The minimum atomic E-state index is -0.823. The topological polar surface area (TPSA) is 61.6 Å². The van der Waals surface area contributed by atoms with Crippen LogP contribution in [0.3, 0.4) is 0 Å². The molecule has 6 heteroatoms. The molecule has 0 saturated carbocycles. The molecule has 3 atom stereocenters. The number of hydrogen-bond acceptors (Lipinski definition) is 4. The molecule has 6 nitrogen and oxygen atoms in total. The van der Waals surface area contributed by atoms with E-state index in [4.69, 9.17) is 0 Å². The van der Waals surface area contributed by atoms with Crippen LogP contribution >= 0.6 is 0 Å². The molecule has 2 fully saturated rings. The number of hydrogen-bond donors (Lipinski definition) is 1. The number of aliphatic hydroxyl groups is 1. The van der Waals surface area contributed by atoms with E-state index in [9.17, 15) is 9.90 Å². The summed E-state index contributed by atoms with van der Waals surface area (Å²) in [5, 5.41) is 9.90. The lowest BCUT2D eigenvalue weighted by atomic mass is 10.0. The van der Waals surface area contributed by atoms with Crippen LogP contribution in [0.2, 0.25) is 0 Å². The van der Waals surface area contributed by atoms with E-state index < -0.39 is 6.10 Å². The molecule has 0 radical (unpaired) electrons. The van der Waals surface area contributed by atoms with Crippen LogP contribution in [0, 0.1) is 5.92 Å². The van der Waals surface area contributed by atoms with Gasteiger partial charge in [0.25, 0.3) is 5.91 Å². The lowest BCUT2D eigenvalue weighted by Crippen LogP contribution is -2.36. The van der Waals surface area contributed by atoms with Crippen LogP contribution in [0.5, 0.6) is 0 Å². The van der Waals surface area contributed by atoms with Crippen molar-refractivity contribution < 1.29 is 9.90 Å². The van der Waals surface area contributed by atoms with Gasteiger partial charge in [-0.25, -0.2) is 4.98 Å². The van der Waals surface area contributed by atoms with E-state index in [1.54, 1.807) is 18.3 Å². The summed E-state index contributed by atoms with van der Waals surface area (Å²) in [6, 6.07) is 0.153. The van der Waals surface area contributed by atoms with Gasteiger partial charge in [0.2, 0.25) is 0 Å². The van der Waals surface area contributed by atoms with Crippen molar-refractivity contribution in [1.82, 2.24) is 19.4 Å². The summed E-state index contributed by atoms with van der Waals surface area (Å²) in [6.45, 7) is 2.42. The Morgan fingerprint density at radius 1 is 1.44 bits per heavy atom. The predicted octanol–water partition coefficient (Wildman–Crippen LogP) is -0.947. The van der Waals surface area contributed by atoms with Crippen molar-refractivity contribution in [2.24, 2.45) is 13.0 Å². The standard InChI is InChI=1S/C12H18N4O2/c1-14-7-13-3-8(14)4-16-5-9-10(6-16)15(2)12(18)11(9)17/h3,7,9-11,17H,4-6H2,1-2H3/t9-,10+,11-/m0/s1. The normalized spacial score (nSPS) is 32.3. The molecule has 2 aliphatic rings. The molecule has 3 heterocycles. The number of aliphatic hydroxyl groups excluding tert-OH is 1. The first-order valence-electron chi connectivity index (χ1n) is 6.20. The first-order chi connectivity index (χ1) is 8.58. The Labute approximate surface area is 106 Å². The third-order valence-corrected chi connectivity index (χ3v) is 4.21. The molecule has 0 aromatic carbocycles. The SMILES string of the molecule is CN1C(=O)[C@@H](O)[C@H]2CN(Cc3cncn3C)C[C@H]21. The van der Waals surface area contributed by atoms with E-state index in [1.165, 1.54) is 0 Å². The Bertz CT molecular complexity index is 452. The largest absolute Gasteiger partial charge is 0.383 e. The number of aromatic nitrogens is 2. The van der Waals surface area contributed by atoms with E-state index in [-0.39, 0.29) is 17.9 Å². The molecule has 1 N–H and O–H groups in total. The van der Waals surface area contributed by atoms with Gasteiger partial charge in [-0.15, -0.1) is 0 Å². The highest BCUT2D eigenvalue weighted by Gasteiger charge is 2.50. The lowest BCUT2D eigenvalue weighted by molar-refractivity contribution is -0.135. The van der Waals surface area contributed by atoms with Crippen molar-refractivity contribution in [2.45, 2.75) is 18.7 Å². The second-order valence-electron chi connectivity index (χ2n) is 5.32. The summed E-state index contributed by atoms with van der Waals surface area (Å²) in [6.07, 6.45) is 2.83. The van der Waals surface area contributed by atoms with Crippen LogP contribution in [-0.2, 0) is 18.4 Å².